The van der Waals surface area contributed by atoms with Crippen LogP contribution in [0.4, 0.5) is 4.39 Å². The molecule has 0 saturated carbocycles. The number of amides is 1. The smallest absolute Gasteiger partial charge is 0.257 e. The summed E-state index contributed by atoms with van der Waals surface area (Å²) in [5.74, 6) is -0.940. The minimum absolute atomic E-state index is 0.0143. The molecule has 0 N–H and O–H groups in total. The highest BCUT2D eigenvalue weighted by molar-refractivity contribution is 7.80. The molecule has 0 radical (unpaired) electrons. The van der Waals surface area contributed by atoms with Crippen molar-refractivity contribution in [1.82, 2.24) is 4.90 Å². The molecule has 98 valence electrons. The van der Waals surface area contributed by atoms with Gasteiger partial charge in [0.05, 0.1) is 12.2 Å². The van der Waals surface area contributed by atoms with Crippen molar-refractivity contribution in [2.45, 2.75) is 4.90 Å². The second-order valence-corrected chi connectivity index (χ2v) is 4.21. The molecule has 0 aromatic heterocycles. The fourth-order valence-electron chi connectivity index (χ4n) is 1.48. The molecule has 0 atom stereocenters. The van der Waals surface area contributed by atoms with Crippen LogP contribution in [0.25, 0.3) is 0 Å². The van der Waals surface area contributed by atoms with E-state index < -0.39 is 5.82 Å². The first-order valence-electron chi connectivity index (χ1n) is 5.47. The van der Waals surface area contributed by atoms with E-state index in [-0.39, 0.29) is 11.5 Å². The number of thiol groups is 1. The van der Waals surface area contributed by atoms with Gasteiger partial charge in [0.25, 0.3) is 5.91 Å². The van der Waals surface area contributed by atoms with Gasteiger partial charge in [0.1, 0.15) is 5.82 Å². The van der Waals surface area contributed by atoms with E-state index in [0.717, 1.165) is 0 Å². The minimum Gasteiger partial charge on any atom is -0.383 e. The zero-order valence-corrected chi connectivity index (χ0v) is 11.1. The Labute approximate surface area is 112 Å². The number of benzene rings is 1. The van der Waals surface area contributed by atoms with Gasteiger partial charge >= 0.3 is 0 Å². The second kappa shape index (κ2) is 7.18. The van der Waals surface area contributed by atoms with Gasteiger partial charge in [-0.1, -0.05) is 6.08 Å². The van der Waals surface area contributed by atoms with E-state index in [0.29, 0.717) is 24.6 Å². The number of rotatable bonds is 6. The predicted molar refractivity (Wildman–Crippen MR) is 71.6 cm³/mol. The summed E-state index contributed by atoms with van der Waals surface area (Å²) in [6, 6.07) is 4.16. The van der Waals surface area contributed by atoms with Crippen LogP contribution in [-0.4, -0.2) is 37.6 Å². The molecule has 5 heteroatoms. The van der Waals surface area contributed by atoms with Crippen LogP contribution in [0, 0.1) is 5.82 Å². The van der Waals surface area contributed by atoms with Gasteiger partial charge in [-0.05, 0) is 18.2 Å². The summed E-state index contributed by atoms with van der Waals surface area (Å²) in [7, 11) is 1.55. The van der Waals surface area contributed by atoms with E-state index in [9.17, 15) is 9.18 Å². The molecule has 0 aliphatic heterocycles. The third-order valence-corrected chi connectivity index (χ3v) is 2.66. The summed E-state index contributed by atoms with van der Waals surface area (Å²) in [5, 5.41) is 0. The van der Waals surface area contributed by atoms with E-state index >= 15 is 0 Å². The molecule has 0 unspecified atom stereocenters. The average Bonchev–Trinajstić information content (AvgIpc) is 2.36. The quantitative estimate of drug-likeness (QED) is 0.635. The topological polar surface area (TPSA) is 29.5 Å². The highest BCUT2D eigenvalue weighted by Gasteiger charge is 2.18. The Morgan fingerprint density at radius 1 is 1.61 bits per heavy atom. The molecular weight excluding hydrogens is 253 g/mol. The van der Waals surface area contributed by atoms with Crippen LogP contribution >= 0.6 is 12.6 Å². The zero-order chi connectivity index (χ0) is 13.5. The normalized spacial score (nSPS) is 10.2. The summed E-state index contributed by atoms with van der Waals surface area (Å²) in [6.07, 6.45) is 1.59. The van der Waals surface area contributed by atoms with E-state index in [1.54, 1.807) is 13.2 Å². The fourth-order valence-corrected chi connectivity index (χ4v) is 1.68. The molecule has 0 saturated heterocycles. The van der Waals surface area contributed by atoms with Crippen LogP contribution in [0.5, 0.6) is 0 Å². The maximum atomic E-state index is 13.6. The maximum absolute atomic E-state index is 13.6. The van der Waals surface area contributed by atoms with Gasteiger partial charge in [-0.25, -0.2) is 4.39 Å². The Kier molecular flexibility index (Phi) is 5.88. The number of halogens is 1. The fraction of sp³-hybridized carbons (Fsp3) is 0.308. The summed E-state index contributed by atoms with van der Waals surface area (Å²) >= 11 is 4.10. The zero-order valence-electron chi connectivity index (χ0n) is 10.2. The Hall–Kier alpha value is -1.33. The third-order valence-electron chi connectivity index (χ3n) is 2.38. The summed E-state index contributed by atoms with van der Waals surface area (Å²) < 4.78 is 18.5. The first-order chi connectivity index (χ1) is 8.60. The Balaban J connectivity index is 2.93. The van der Waals surface area contributed by atoms with Gasteiger partial charge in [-0.2, -0.15) is 0 Å². The van der Waals surface area contributed by atoms with Crippen LogP contribution in [0.1, 0.15) is 10.4 Å². The molecule has 18 heavy (non-hydrogen) atoms. The van der Waals surface area contributed by atoms with Crippen molar-refractivity contribution < 1.29 is 13.9 Å². The highest BCUT2D eigenvalue weighted by Crippen LogP contribution is 2.15. The van der Waals surface area contributed by atoms with Crippen molar-refractivity contribution in [3.05, 3.63) is 42.2 Å². The van der Waals surface area contributed by atoms with Gasteiger partial charge in [-0.15, -0.1) is 19.2 Å². The van der Waals surface area contributed by atoms with Crippen molar-refractivity contribution >= 4 is 18.5 Å². The summed E-state index contributed by atoms with van der Waals surface area (Å²) in [6.45, 7) is 4.70. The Morgan fingerprint density at radius 2 is 2.33 bits per heavy atom. The van der Waals surface area contributed by atoms with Crippen LogP contribution in [0.15, 0.2) is 35.7 Å². The van der Waals surface area contributed by atoms with Gasteiger partial charge in [0.15, 0.2) is 0 Å². The second-order valence-electron chi connectivity index (χ2n) is 3.70. The third kappa shape index (κ3) is 3.85. The van der Waals surface area contributed by atoms with Crippen molar-refractivity contribution in [3.63, 3.8) is 0 Å². The lowest BCUT2D eigenvalue weighted by Gasteiger charge is -2.21. The molecule has 1 aromatic rings. The molecule has 0 spiro atoms. The van der Waals surface area contributed by atoms with Crippen LogP contribution in [0.3, 0.4) is 0 Å². The lowest BCUT2D eigenvalue weighted by atomic mass is 10.2. The number of hydrogen-bond donors (Lipinski definition) is 1. The number of hydrogen-bond acceptors (Lipinski definition) is 3. The van der Waals surface area contributed by atoms with Crippen molar-refractivity contribution in [2.75, 3.05) is 26.8 Å². The largest absolute Gasteiger partial charge is 0.383 e. The van der Waals surface area contributed by atoms with Gasteiger partial charge in [0, 0.05) is 25.1 Å². The lowest BCUT2D eigenvalue weighted by molar-refractivity contribution is 0.0713. The first-order valence-corrected chi connectivity index (χ1v) is 5.92. The van der Waals surface area contributed by atoms with Crippen LogP contribution in [0.2, 0.25) is 0 Å². The van der Waals surface area contributed by atoms with Crippen molar-refractivity contribution in [1.29, 1.82) is 0 Å². The molecule has 0 aliphatic carbocycles. The average molecular weight is 269 g/mol. The molecule has 1 amide bonds. The van der Waals surface area contributed by atoms with Gasteiger partial charge in [0.2, 0.25) is 0 Å². The number of methoxy groups -OCH3 is 1. The Bertz CT molecular complexity index is 437. The molecule has 3 nitrogen and oxygen atoms in total. The highest BCUT2D eigenvalue weighted by atomic mass is 32.1. The van der Waals surface area contributed by atoms with E-state index in [2.05, 4.69) is 19.2 Å². The maximum Gasteiger partial charge on any atom is 0.257 e. The summed E-state index contributed by atoms with van der Waals surface area (Å²) in [4.78, 5) is 14.2. The number of nitrogens with zero attached hydrogens (tertiary/aromatic N) is 1. The monoisotopic (exact) mass is 269 g/mol. The summed E-state index contributed by atoms with van der Waals surface area (Å²) in [5.41, 5.74) is 0.0143. The molecule has 1 aromatic carbocycles. The first kappa shape index (κ1) is 14.7. The van der Waals surface area contributed by atoms with Crippen LogP contribution in [-0.2, 0) is 4.74 Å². The molecule has 0 heterocycles. The van der Waals surface area contributed by atoms with Crippen LogP contribution < -0.4 is 0 Å². The lowest BCUT2D eigenvalue weighted by Crippen LogP contribution is -2.34. The van der Waals surface area contributed by atoms with E-state index in [1.165, 1.54) is 23.1 Å². The SMILES string of the molecule is C=CCN(CCOC)C(=O)c1cc(S)ccc1F. The molecular formula is C13H16FNO2S. The number of carbonyl (C=O) groups excluding carboxylic acids is 1. The van der Waals surface area contributed by atoms with Gasteiger partial charge < -0.3 is 9.64 Å². The number of carbonyl (C=O) groups is 1. The molecule has 0 fully saturated rings. The molecule has 0 aliphatic rings. The predicted octanol–water partition coefficient (Wildman–Crippen LogP) is 2.39. The minimum atomic E-state index is -0.552. The number of ether oxygens (including phenoxy) is 1. The standard InChI is InChI=1S/C13H16FNO2S/c1-3-6-15(7-8-17-2)13(16)11-9-10(18)4-5-12(11)14/h3-5,9,18H,1,6-8H2,2H3. The van der Waals surface area contributed by atoms with E-state index in [4.69, 9.17) is 4.74 Å². The van der Waals surface area contributed by atoms with E-state index in [1.807, 2.05) is 0 Å². The molecule has 0 bridgehead atoms. The van der Waals surface area contributed by atoms with Crippen molar-refractivity contribution in [3.8, 4) is 0 Å². The molecule has 1 rings (SSSR count). The van der Waals surface area contributed by atoms with Gasteiger partial charge in [-0.3, -0.25) is 4.79 Å². The van der Waals surface area contributed by atoms with Crippen molar-refractivity contribution in [2.24, 2.45) is 0 Å². The Morgan fingerprint density at radius 3 is 2.94 bits per heavy atom.